The molecule has 2 unspecified atom stereocenters. The summed E-state index contributed by atoms with van der Waals surface area (Å²) in [7, 11) is 0. The van der Waals surface area contributed by atoms with Gasteiger partial charge in [-0.25, -0.2) is 0 Å². The Bertz CT molecular complexity index is 485. The molecule has 110 valence electrons. The number of hydrogen-bond acceptors (Lipinski definition) is 6. The van der Waals surface area contributed by atoms with Crippen LogP contribution in [0.25, 0.3) is 0 Å². The zero-order chi connectivity index (χ0) is 14.7. The molecule has 7 heteroatoms. The number of nitro groups is 1. The van der Waals surface area contributed by atoms with E-state index in [4.69, 9.17) is 0 Å². The summed E-state index contributed by atoms with van der Waals surface area (Å²) in [4.78, 5) is 12.5. The summed E-state index contributed by atoms with van der Waals surface area (Å²) in [5, 5.41) is 33.2. The lowest BCUT2D eigenvalue weighted by molar-refractivity contribution is -0.384. The van der Waals surface area contributed by atoms with Gasteiger partial charge >= 0.3 is 0 Å². The summed E-state index contributed by atoms with van der Waals surface area (Å²) >= 11 is 0. The highest BCUT2D eigenvalue weighted by Gasteiger charge is 2.30. The Balaban J connectivity index is 2.22. The van der Waals surface area contributed by atoms with Crippen LogP contribution in [0.1, 0.15) is 12.5 Å². The molecule has 0 saturated carbocycles. The van der Waals surface area contributed by atoms with Crippen LogP contribution in [0, 0.1) is 10.1 Å². The van der Waals surface area contributed by atoms with Crippen LogP contribution in [0.15, 0.2) is 18.2 Å². The Labute approximate surface area is 117 Å². The van der Waals surface area contributed by atoms with Crippen molar-refractivity contribution < 1.29 is 15.1 Å². The third kappa shape index (κ3) is 3.06. The molecule has 3 N–H and O–H groups in total. The van der Waals surface area contributed by atoms with Crippen molar-refractivity contribution in [2.24, 2.45) is 0 Å². The van der Waals surface area contributed by atoms with Gasteiger partial charge in [-0.15, -0.1) is 0 Å². The Morgan fingerprint density at radius 3 is 2.60 bits per heavy atom. The smallest absolute Gasteiger partial charge is 0.292 e. The van der Waals surface area contributed by atoms with Crippen molar-refractivity contribution in [1.82, 2.24) is 4.90 Å². The van der Waals surface area contributed by atoms with Gasteiger partial charge in [0, 0.05) is 32.2 Å². The maximum absolute atomic E-state index is 11.1. The van der Waals surface area contributed by atoms with E-state index >= 15 is 0 Å². The largest absolute Gasteiger partial charge is 0.389 e. The van der Waals surface area contributed by atoms with Crippen LogP contribution in [-0.4, -0.2) is 51.9 Å². The van der Waals surface area contributed by atoms with Gasteiger partial charge in [0.25, 0.3) is 5.69 Å². The number of para-hydroxylation sites is 1. The Hall–Kier alpha value is -1.70. The molecule has 2 atom stereocenters. The molecular formula is C13H19N3O4. The summed E-state index contributed by atoms with van der Waals surface area (Å²) in [6.07, 6.45) is -1.51. The highest BCUT2D eigenvalue weighted by molar-refractivity contribution is 5.66. The molecule has 1 aromatic rings. The average molecular weight is 281 g/mol. The molecule has 0 bridgehead atoms. The molecule has 0 radical (unpaired) electrons. The van der Waals surface area contributed by atoms with Gasteiger partial charge in [-0.1, -0.05) is 12.1 Å². The fourth-order valence-electron chi connectivity index (χ4n) is 2.47. The molecular weight excluding hydrogens is 262 g/mol. The van der Waals surface area contributed by atoms with Crippen molar-refractivity contribution in [2.45, 2.75) is 25.7 Å². The van der Waals surface area contributed by atoms with Crippen LogP contribution < -0.4 is 5.32 Å². The second-order valence-corrected chi connectivity index (χ2v) is 4.93. The molecule has 1 aromatic carbocycles. The number of rotatable bonds is 5. The number of β-amino-alcohol motifs (C(OH)–C–C–N with tert-alkyl or cyclic N) is 2. The normalized spacial score (nSPS) is 22.9. The third-order valence-electron chi connectivity index (χ3n) is 3.41. The second kappa shape index (κ2) is 6.17. The highest BCUT2D eigenvalue weighted by Crippen LogP contribution is 2.29. The van der Waals surface area contributed by atoms with E-state index in [1.807, 2.05) is 17.9 Å². The van der Waals surface area contributed by atoms with E-state index in [-0.39, 0.29) is 5.69 Å². The molecule has 7 nitrogen and oxygen atoms in total. The molecule has 20 heavy (non-hydrogen) atoms. The van der Waals surface area contributed by atoms with Crippen molar-refractivity contribution in [3.8, 4) is 0 Å². The first-order valence-corrected chi connectivity index (χ1v) is 6.61. The van der Waals surface area contributed by atoms with E-state index in [1.54, 1.807) is 6.07 Å². The Morgan fingerprint density at radius 2 is 2.05 bits per heavy atom. The van der Waals surface area contributed by atoms with Gasteiger partial charge < -0.3 is 15.5 Å². The van der Waals surface area contributed by atoms with Gasteiger partial charge in [0.1, 0.15) is 5.69 Å². The molecule has 0 aliphatic carbocycles. The number of anilines is 1. The van der Waals surface area contributed by atoms with E-state index in [1.165, 1.54) is 6.07 Å². The second-order valence-electron chi connectivity index (χ2n) is 4.93. The minimum atomic E-state index is -0.753. The molecule has 0 spiro atoms. The first-order valence-electron chi connectivity index (χ1n) is 6.61. The third-order valence-corrected chi connectivity index (χ3v) is 3.41. The molecule has 1 fully saturated rings. The fourth-order valence-corrected chi connectivity index (χ4v) is 2.47. The molecule has 1 heterocycles. The van der Waals surface area contributed by atoms with Crippen LogP contribution in [0.5, 0.6) is 0 Å². The fraction of sp³-hybridized carbons (Fsp3) is 0.538. The minimum Gasteiger partial charge on any atom is -0.389 e. The molecule has 1 aliphatic heterocycles. The number of aliphatic hydroxyl groups is 2. The predicted octanol–water partition coefficient (Wildman–Crippen LogP) is 0.564. The number of likely N-dealkylation sites (tertiary alicyclic amines) is 1. The average Bonchev–Trinajstić information content (AvgIpc) is 2.70. The number of nitrogens with zero attached hydrogens (tertiary/aromatic N) is 2. The first-order chi connectivity index (χ1) is 9.52. The quantitative estimate of drug-likeness (QED) is 0.539. The van der Waals surface area contributed by atoms with Gasteiger partial charge in [-0.3, -0.25) is 15.0 Å². The minimum absolute atomic E-state index is 0.0460. The molecule has 1 aliphatic rings. The van der Waals surface area contributed by atoms with Crippen molar-refractivity contribution in [3.63, 3.8) is 0 Å². The van der Waals surface area contributed by atoms with Crippen molar-refractivity contribution in [2.75, 3.05) is 25.0 Å². The van der Waals surface area contributed by atoms with E-state index in [9.17, 15) is 20.3 Å². The SMILES string of the molecule is CCNc1c(CN2CC(O)C(O)C2)cccc1[N+](=O)[O-]. The first kappa shape index (κ1) is 14.7. The van der Waals surface area contributed by atoms with E-state index in [0.717, 1.165) is 5.56 Å². The van der Waals surface area contributed by atoms with Crippen molar-refractivity contribution in [3.05, 3.63) is 33.9 Å². The lowest BCUT2D eigenvalue weighted by atomic mass is 10.1. The lowest BCUT2D eigenvalue weighted by Crippen LogP contribution is -2.22. The number of nitro benzene ring substituents is 1. The van der Waals surface area contributed by atoms with Crippen molar-refractivity contribution in [1.29, 1.82) is 0 Å². The Kier molecular flexibility index (Phi) is 4.53. The van der Waals surface area contributed by atoms with E-state index < -0.39 is 17.1 Å². The number of benzene rings is 1. The number of hydrogen-bond donors (Lipinski definition) is 3. The summed E-state index contributed by atoms with van der Waals surface area (Å²) in [5.74, 6) is 0. The molecule has 0 aromatic heterocycles. The predicted molar refractivity (Wildman–Crippen MR) is 74.6 cm³/mol. The summed E-state index contributed by atoms with van der Waals surface area (Å²) in [6, 6.07) is 4.94. The topological polar surface area (TPSA) is 98.9 Å². The number of nitrogens with one attached hydrogen (secondary N) is 1. The summed E-state index contributed by atoms with van der Waals surface area (Å²) in [6.45, 7) is 3.66. The van der Waals surface area contributed by atoms with Gasteiger partial charge in [0.05, 0.1) is 17.1 Å². The lowest BCUT2D eigenvalue weighted by Gasteiger charge is -2.18. The van der Waals surface area contributed by atoms with Gasteiger partial charge in [-0.2, -0.15) is 0 Å². The zero-order valence-electron chi connectivity index (χ0n) is 11.3. The van der Waals surface area contributed by atoms with E-state index in [0.29, 0.717) is 31.9 Å². The molecule has 1 saturated heterocycles. The van der Waals surface area contributed by atoms with Crippen LogP contribution >= 0.6 is 0 Å². The van der Waals surface area contributed by atoms with Crippen LogP contribution in [-0.2, 0) is 6.54 Å². The molecule has 2 rings (SSSR count). The summed E-state index contributed by atoms with van der Waals surface area (Å²) in [5.41, 5.74) is 1.35. The van der Waals surface area contributed by atoms with Gasteiger partial charge in [-0.05, 0) is 12.5 Å². The standard InChI is InChI=1S/C13H19N3O4/c1-2-14-13-9(4-3-5-10(13)16(19)20)6-15-7-11(17)12(18)8-15/h3-5,11-12,14,17-18H,2,6-8H2,1H3. The highest BCUT2D eigenvalue weighted by atomic mass is 16.6. The summed E-state index contributed by atoms with van der Waals surface area (Å²) < 4.78 is 0. The maximum Gasteiger partial charge on any atom is 0.292 e. The zero-order valence-corrected chi connectivity index (χ0v) is 11.3. The van der Waals surface area contributed by atoms with Crippen LogP contribution in [0.2, 0.25) is 0 Å². The molecule has 0 amide bonds. The van der Waals surface area contributed by atoms with Crippen molar-refractivity contribution >= 4 is 11.4 Å². The Morgan fingerprint density at radius 1 is 1.40 bits per heavy atom. The van der Waals surface area contributed by atoms with Gasteiger partial charge in [0.15, 0.2) is 0 Å². The van der Waals surface area contributed by atoms with Gasteiger partial charge in [0.2, 0.25) is 0 Å². The maximum atomic E-state index is 11.1. The van der Waals surface area contributed by atoms with Crippen LogP contribution in [0.4, 0.5) is 11.4 Å². The van der Waals surface area contributed by atoms with E-state index in [2.05, 4.69) is 5.32 Å². The van der Waals surface area contributed by atoms with Crippen LogP contribution in [0.3, 0.4) is 0 Å². The monoisotopic (exact) mass is 281 g/mol. The number of aliphatic hydroxyl groups excluding tert-OH is 2.